The molecule has 9 nitrogen and oxygen atoms in total. The number of halogens is 3. The van der Waals surface area contributed by atoms with Gasteiger partial charge in [-0.1, -0.05) is 27.7 Å². The van der Waals surface area contributed by atoms with Crippen LogP contribution in [0.5, 0.6) is 5.75 Å². The minimum atomic E-state index is -4.57. The summed E-state index contributed by atoms with van der Waals surface area (Å²) >= 11 is 0. The Morgan fingerprint density at radius 1 is 1.10 bits per heavy atom. The smallest absolute Gasteiger partial charge is 0.416 e. The van der Waals surface area contributed by atoms with Crippen molar-refractivity contribution < 1.29 is 31.9 Å². The van der Waals surface area contributed by atoms with Gasteiger partial charge >= 0.3 is 12.3 Å². The Morgan fingerprint density at radius 2 is 1.78 bits per heavy atom. The first-order valence-electron chi connectivity index (χ1n) is 16.2. The summed E-state index contributed by atoms with van der Waals surface area (Å²) in [4.78, 5) is 23.9. The number of nitrogens with zero attached hydrogens (tertiary/aromatic N) is 4. The number of anilines is 3. The third-order valence-corrected chi connectivity index (χ3v) is 13.2. The summed E-state index contributed by atoms with van der Waals surface area (Å²) in [6, 6.07) is 10.6. The van der Waals surface area contributed by atoms with Crippen molar-refractivity contribution in [2.75, 3.05) is 23.4 Å². The fraction of sp³-hybridized carbons (Fsp3) is 0.500. The van der Waals surface area contributed by atoms with Gasteiger partial charge in [0.1, 0.15) is 17.4 Å². The maximum Gasteiger partial charge on any atom is 0.416 e. The summed E-state index contributed by atoms with van der Waals surface area (Å²) in [5.41, 5.74) is 0.130. The lowest BCUT2D eigenvalue weighted by molar-refractivity contribution is -0.137. The normalized spacial score (nSPS) is 16.7. The molecule has 1 aliphatic rings. The SMILES string of the molecule is CC(C)Oc1ccc(C(F)(F)F)cc1Nc1nccc(-c2cc(C#N)c3c(c2)C(C)(CO[Si](C)(C)C(C)(C)C)CN3C(=O)OC(C)(C)C)n1. The van der Waals surface area contributed by atoms with Crippen LogP contribution in [0.15, 0.2) is 42.6 Å². The molecule has 0 radical (unpaired) electrons. The fourth-order valence-corrected chi connectivity index (χ4v) is 6.26. The minimum absolute atomic E-state index is 0.0313. The molecule has 0 saturated carbocycles. The van der Waals surface area contributed by atoms with E-state index in [1.165, 1.54) is 17.2 Å². The maximum atomic E-state index is 13.6. The molecule has 1 unspecified atom stereocenters. The van der Waals surface area contributed by atoms with Crippen molar-refractivity contribution in [2.24, 2.45) is 0 Å². The van der Waals surface area contributed by atoms with Crippen LogP contribution in [0.25, 0.3) is 11.3 Å². The molecule has 1 aliphatic heterocycles. The monoisotopic (exact) mass is 697 g/mol. The lowest BCUT2D eigenvalue weighted by atomic mass is 9.83. The van der Waals surface area contributed by atoms with E-state index in [1.54, 1.807) is 46.8 Å². The van der Waals surface area contributed by atoms with E-state index in [9.17, 15) is 23.2 Å². The lowest BCUT2D eigenvalue weighted by Gasteiger charge is -2.39. The highest BCUT2D eigenvalue weighted by atomic mass is 28.4. The van der Waals surface area contributed by atoms with Crippen molar-refractivity contribution in [2.45, 2.75) is 104 Å². The van der Waals surface area contributed by atoms with Crippen LogP contribution in [0.1, 0.15) is 79.0 Å². The van der Waals surface area contributed by atoms with Crippen molar-refractivity contribution in [1.82, 2.24) is 9.97 Å². The van der Waals surface area contributed by atoms with Gasteiger partial charge in [-0.15, -0.1) is 0 Å². The molecule has 4 rings (SSSR count). The van der Waals surface area contributed by atoms with Gasteiger partial charge in [0.25, 0.3) is 0 Å². The van der Waals surface area contributed by atoms with Crippen molar-refractivity contribution in [3.63, 3.8) is 0 Å². The summed E-state index contributed by atoms with van der Waals surface area (Å²) in [7, 11) is -2.21. The Hall–Kier alpha value is -4.15. The number of carbonyl (C=O) groups excluding carboxylic acids is 1. The van der Waals surface area contributed by atoms with Gasteiger partial charge in [-0.05, 0) is 94.7 Å². The van der Waals surface area contributed by atoms with Gasteiger partial charge < -0.3 is 19.2 Å². The molecule has 264 valence electrons. The number of aromatic nitrogens is 2. The minimum Gasteiger partial charge on any atom is -0.489 e. The second-order valence-corrected chi connectivity index (χ2v) is 20.3. The lowest BCUT2D eigenvalue weighted by Crippen LogP contribution is -2.46. The van der Waals surface area contributed by atoms with Crippen LogP contribution in [-0.4, -0.2) is 49.2 Å². The van der Waals surface area contributed by atoms with Crippen molar-refractivity contribution in [3.05, 3.63) is 59.3 Å². The summed E-state index contributed by atoms with van der Waals surface area (Å²) < 4.78 is 59.0. The molecule has 1 atom stereocenters. The molecule has 1 amide bonds. The van der Waals surface area contributed by atoms with Crippen LogP contribution < -0.4 is 15.0 Å². The van der Waals surface area contributed by atoms with Crippen molar-refractivity contribution in [3.8, 4) is 23.1 Å². The number of benzene rings is 2. The number of nitrogens with one attached hydrogen (secondary N) is 1. The predicted octanol–water partition coefficient (Wildman–Crippen LogP) is 9.60. The largest absolute Gasteiger partial charge is 0.489 e. The second kappa shape index (κ2) is 13.3. The van der Waals surface area contributed by atoms with Crippen molar-refractivity contribution in [1.29, 1.82) is 5.26 Å². The van der Waals surface area contributed by atoms with E-state index in [-0.39, 0.29) is 40.6 Å². The first-order valence-corrected chi connectivity index (χ1v) is 19.1. The Kier molecular flexibility index (Phi) is 10.2. The zero-order valence-corrected chi connectivity index (χ0v) is 31.1. The van der Waals surface area contributed by atoms with Gasteiger partial charge in [-0.2, -0.15) is 18.4 Å². The van der Waals surface area contributed by atoms with E-state index in [4.69, 9.17) is 13.9 Å². The third kappa shape index (κ3) is 8.54. The number of nitriles is 1. The van der Waals surface area contributed by atoms with E-state index in [2.05, 4.69) is 55.2 Å². The molecule has 0 spiro atoms. The number of carbonyl (C=O) groups is 1. The Labute approximate surface area is 287 Å². The van der Waals surface area contributed by atoms with Crippen LogP contribution in [-0.2, 0) is 20.8 Å². The molecule has 2 aromatic carbocycles. The molecular weight excluding hydrogens is 652 g/mol. The quantitative estimate of drug-likeness (QED) is 0.232. The molecule has 0 aliphatic carbocycles. The molecule has 0 fully saturated rings. The van der Waals surface area contributed by atoms with Gasteiger partial charge in [0.05, 0.1) is 34.3 Å². The number of rotatable bonds is 8. The number of alkyl halides is 3. The summed E-state index contributed by atoms with van der Waals surface area (Å²) in [5, 5.41) is 13.2. The average Bonchev–Trinajstić information content (AvgIpc) is 3.27. The molecular formula is C36H46F3N5O4Si. The van der Waals surface area contributed by atoms with Crippen LogP contribution >= 0.6 is 0 Å². The molecule has 1 N–H and O–H groups in total. The topological polar surface area (TPSA) is 110 Å². The van der Waals surface area contributed by atoms with E-state index >= 15 is 0 Å². The first kappa shape index (κ1) is 37.7. The maximum absolute atomic E-state index is 13.6. The number of ether oxygens (including phenoxy) is 2. The zero-order valence-electron chi connectivity index (χ0n) is 30.1. The summed E-state index contributed by atoms with van der Waals surface area (Å²) in [6.45, 7) is 22.2. The van der Waals surface area contributed by atoms with E-state index in [0.29, 0.717) is 23.6 Å². The van der Waals surface area contributed by atoms with Gasteiger partial charge in [0, 0.05) is 30.3 Å². The number of hydrogen-bond acceptors (Lipinski definition) is 8. The Bertz CT molecular complexity index is 1760. The van der Waals surface area contributed by atoms with Gasteiger partial charge in [-0.3, -0.25) is 4.90 Å². The standard InChI is InChI=1S/C36H46F3N5O4Si/c1-22(2)47-29-13-12-25(36(37,38)39)18-28(29)43-31-41-15-14-27(42-31)23-16-24(19-40)30-26(17-23)35(9,21-46-49(10,11)34(6,7)8)20-44(30)32(45)48-33(3,4)5/h12-18,22H,20-21H2,1-11H3,(H,41,42,43). The predicted molar refractivity (Wildman–Crippen MR) is 187 cm³/mol. The molecule has 1 aromatic heterocycles. The van der Waals surface area contributed by atoms with Gasteiger partial charge in [0.2, 0.25) is 5.95 Å². The van der Waals surface area contributed by atoms with E-state index in [0.717, 1.165) is 17.7 Å². The number of hydrogen-bond donors (Lipinski definition) is 1. The highest BCUT2D eigenvalue weighted by Gasteiger charge is 2.47. The van der Waals surface area contributed by atoms with Gasteiger partial charge in [-0.25, -0.2) is 14.8 Å². The first-order chi connectivity index (χ1) is 22.4. The highest BCUT2D eigenvalue weighted by Crippen LogP contribution is 2.47. The number of fused-ring (bicyclic) bond motifs is 1. The van der Waals surface area contributed by atoms with Crippen LogP contribution in [0.3, 0.4) is 0 Å². The zero-order chi connectivity index (χ0) is 36.7. The number of amides is 1. The molecule has 49 heavy (non-hydrogen) atoms. The van der Waals surface area contributed by atoms with Crippen molar-refractivity contribution >= 4 is 31.7 Å². The van der Waals surface area contributed by atoms with Crippen LogP contribution in [0.2, 0.25) is 18.1 Å². The Balaban J connectivity index is 1.81. The van der Waals surface area contributed by atoms with Crippen LogP contribution in [0, 0.1) is 11.3 Å². The third-order valence-electron chi connectivity index (χ3n) is 8.70. The average molecular weight is 698 g/mol. The second-order valence-electron chi connectivity index (χ2n) is 15.5. The molecule has 13 heteroatoms. The highest BCUT2D eigenvalue weighted by molar-refractivity contribution is 6.74. The fourth-order valence-electron chi connectivity index (χ4n) is 5.14. The molecule has 0 saturated heterocycles. The van der Waals surface area contributed by atoms with Gasteiger partial charge in [0.15, 0.2) is 8.32 Å². The summed E-state index contributed by atoms with van der Waals surface area (Å²) in [6.07, 6.45) is -3.95. The molecule has 2 heterocycles. The summed E-state index contributed by atoms with van der Waals surface area (Å²) in [5.74, 6) is 0.241. The Morgan fingerprint density at radius 3 is 2.35 bits per heavy atom. The molecule has 0 bridgehead atoms. The van der Waals surface area contributed by atoms with Crippen LogP contribution in [0.4, 0.5) is 35.3 Å². The van der Waals surface area contributed by atoms with E-state index < -0.39 is 37.2 Å². The molecule has 3 aromatic rings. The van der Waals surface area contributed by atoms with E-state index in [1.807, 2.05) is 13.0 Å².